The van der Waals surface area contributed by atoms with Crippen molar-refractivity contribution in [1.29, 1.82) is 0 Å². The highest BCUT2D eigenvalue weighted by molar-refractivity contribution is 5.83. The number of hydrogen-bond acceptors (Lipinski definition) is 5. The van der Waals surface area contributed by atoms with Gasteiger partial charge in [0.1, 0.15) is 18.0 Å². The number of ether oxygens (including phenoxy) is 2. The summed E-state index contributed by atoms with van der Waals surface area (Å²) in [5, 5.41) is 4.98. The van der Waals surface area contributed by atoms with Crippen molar-refractivity contribution in [3.8, 4) is 11.5 Å². The molecule has 7 heteroatoms. The molecule has 150 valence electrons. The smallest absolute Gasteiger partial charge is 0.336 e. The number of hydrogen-bond donors (Lipinski definition) is 2. The van der Waals surface area contributed by atoms with E-state index in [1.807, 2.05) is 6.20 Å². The topological polar surface area (TPSA) is 76.5 Å². The Morgan fingerprint density at radius 1 is 1.10 bits per heavy atom. The summed E-state index contributed by atoms with van der Waals surface area (Å²) in [6.45, 7) is 1.77. The first kappa shape index (κ1) is 19.0. The molecule has 0 bridgehead atoms. The Morgan fingerprint density at radius 2 is 2.00 bits per heavy atom. The van der Waals surface area contributed by atoms with Crippen molar-refractivity contribution in [1.82, 2.24) is 10.3 Å². The first-order chi connectivity index (χ1) is 14.1. The van der Waals surface area contributed by atoms with Gasteiger partial charge in [0.05, 0.1) is 7.11 Å². The number of benzene rings is 2. The fraction of sp³-hybridized carbons (Fsp3) is 0.227. The highest BCUT2D eigenvalue weighted by atomic mass is 19.1. The molecule has 2 N–H and O–H groups in total. The standard InChI is InChI=1S/C22H21FN2O4/c1-27-20-10-14-2-5-22(26)29-19(14)12-21(20)28-9-8-24-7-6-15-13-25-18-4-3-16(23)11-17(15)18/h2-5,10-13,24-25H,6-9H2,1H3. The van der Waals surface area contributed by atoms with E-state index < -0.39 is 5.63 Å². The van der Waals surface area contributed by atoms with E-state index in [4.69, 9.17) is 13.9 Å². The lowest BCUT2D eigenvalue weighted by Crippen LogP contribution is -2.23. The van der Waals surface area contributed by atoms with Crippen LogP contribution in [0.5, 0.6) is 11.5 Å². The molecule has 0 saturated carbocycles. The molecule has 2 aromatic heterocycles. The summed E-state index contributed by atoms with van der Waals surface area (Å²) >= 11 is 0. The molecule has 0 aliphatic carbocycles. The summed E-state index contributed by atoms with van der Waals surface area (Å²) in [4.78, 5) is 14.6. The molecule has 4 rings (SSSR count). The van der Waals surface area contributed by atoms with Gasteiger partial charge in [-0.15, -0.1) is 0 Å². The van der Waals surface area contributed by atoms with E-state index in [1.165, 1.54) is 12.1 Å². The van der Waals surface area contributed by atoms with Gasteiger partial charge in [-0.25, -0.2) is 9.18 Å². The van der Waals surface area contributed by atoms with Gasteiger partial charge in [0, 0.05) is 41.2 Å². The van der Waals surface area contributed by atoms with Crippen LogP contribution >= 0.6 is 0 Å². The number of H-pyrrole nitrogens is 1. The first-order valence-corrected chi connectivity index (χ1v) is 9.35. The van der Waals surface area contributed by atoms with Crippen LogP contribution in [0, 0.1) is 5.82 Å². The van der Waals surface area contributed by atoms with E-state index in [9.17, 15) is 9.18 Å². The van der Waals surface area contributed by atoms with Crippen molar-refractivity contribution in [2.45, 2.75) is 6.42 Å². The van der Waals surface area contributed by atoms with Crippen LogP contribution in [0.3, 0.4) is 0 Å². The normalized spacial score (nSPS) is 11.2. The molecule has 0 aliphatic heterocycles. The van der Waals surface area contributed by atoms with Gasteiger partial charge in [-0.2, -0.15) is 0 Å². The molecular weight excluding hydrogens is 375 g/mol. The fourth-order valence-corrected chi connectivity index (χ4v) is 3.29. The van der Waals surface area contributed by atoms with E-state index >= 15 is 0 Å². The van der Waals surface area contributed by atoms with Gasteiger partial charge in [0.2, 0.25) is 0 Å². The largest absolute Gasteiger partial charge is 0.493 e. The molecule has 0 atom stereocenters. The molecule has 0 radical (unpaired) electrons. The van der Waals surface area contributed by atoms with E-state index in [0.717, 1.165) is 34.8 Å². The quantitative estimate of drug-likeness (QED) is 0.351. The summed E-state index contributed by atoms with van der Waals surface area (Å²) in [5.41, 5.74) is 2.04. The maximum absolute atomic E-state index is 13.4. The number of aromatic nitrogens is 1. The van der Waals surface area contributed by atoms with E-state index in [1.54, 1.807) is 37.4 Å². The Labute approximate surface area is 166 Å². The van der Waals surface area contributed by atoms with Crippen LogP contribution in [0.4, 0.5) is 4.39 Å². The van der Waals surface area contributed by atoms with Gasteiger partial charge in [0.25, 0.3) is 0 Å². The Kier molecular flexibility index (Phi) is 5.48. The second kappa shape index (κ2) is 8.36. The number of halogens is 1. The number of nitrogens with one attached hydrogen (secondary N) is 2. The molecule has 0 aliphatic rings. The summed E-state index contributed by atoms with van der Waals surface area (Å²) in [7, 11) is 1.56. The minimum absolute atomic E-state index is 0.236. The van der Waals surface area contributed by atoms with Crippen LogP contribution in [0.2, 0.25) is 0 Å². The minimum Gasteiger partial charge on any atom is -0.493 e. The molecule has 0 amide bonds. The molecule has 0 saturated heterocycles. The Hall–Kier alpha value is -3.32. The molecule has 6 nitrogen and oxygen atoms in total. The third-order valence-corrected chi connectivity index (χ3v) is 4.74. The predicted octanol–water partition coefficient (Wildman–Crippen LogP) is 3.63. The van der Waals surface area contributed by atoms with E-state index in [-0.39, 0.29) is 5.82 Å². The van der Waals surface area contributed by atoms with Crippen molar-refractivity contribution < 1.29 is 18.3 Å². The average Bonchev–Trinajstić information content (AvgIpc) is 3.12. The van der Waals surface area contributed by atoms with Crippen molar-refractivity contribution in [3.63, 3.8) is 0 Å². The van der Waals surface area contributed by atoms with E-state index in [2.05, 4.69) is 10.3 Å². The molecule has 0 spiro atoms. The van der Waals surface area contributed by atoms with Crippen LogP contribution in [0.1, 0.15) is 5.56 Å². The highest BCUT2D eigenvalue weighted by Crippen LogP contribution is 2.31. The van der Waals surface area contributed by atoms with Crippen LogP contribution in [-0.4, -0.2) is 31.8 Å². The Bertz CT molecular complexity index is 1200. The lowest BCUT2D eigenvalue weighted by atomic mass is 10.1. The third-order valence-electron chi connectivity index (χ3n) is 4.74. The van der Waals surface area contributed by atoms with Crippen molar-refractivity contribution >= 4 is 21.9 Å². The fourth-order valence-electron chi connectivity index (χ4n) is 3.29. The molecule has 29 heavy (non-hydrogen) atoms. The minimum atomic E-state index is -0.410. The lowest BCUT2D eigenvalue weighted by molar-refractivity contribution is 0.292. The molecular formula is C22H21FN2O4. The SMILES string of the molecule is COc1cc2ccc(=O)oc2cc1OCCNCCc1c[nH]c2ccc(F)cc12. The van der Waals surface area contributed by atoms with Gasteiger partial charge in [-0.05, 0) is 48.9 Å². The van der Waals surface area contributed by atoms with Crippen LogP contribution in [0.15, 0.2) is 57.9 Å². The first-order valence-electron chi connectivity index (χ1n) is 9.35. The zero-order chi connectivity index (χ0) is 20.2. The summed E-state index contributed by atoms with van der Waals surface area (Å²) in [5.74, 6) is 0.857. The second-order valence-electron chi connectivity index (χ2n) is 6.65. The molecule has 2 aromatic carbocycles. The molecule has 4 aromatic rings. The maximum atomic E-state index is 13.4. The maximum Gasteiger partial charge on any atom is 0.336 e. The van der Waals surface area contributed by atoms with Crippen LogP contribution < -0.4 is 20.4 Å². The van der Waals surface area contributed by atoms with Gasteiger partial charge in [-0.1, -0.05) is 0 Å². The molecule has 0 unspecified atom stereocenters. The van der Waals surface area contributed by atoms with Gasteiger partial charge < -0.3 is 24.2 Å². The Morgan fingerprint density at radius 3 is 2.86 bits per heavy atom. The lowest BCUT2D eigenvalue weighted by Gasteiger charge is -2.12. The second-order valence-corrected chi connectivity index (χ2v) is 6.65. The van der Waals surface area contributed by atoms with Gasteiger partial charge in [-0.3, -0.25) is 0 Å². The summed E-state index contributed by atoms with van der Waals surface area (Å²) in [6.07, 6.45) is 2.68. The number of methoxy groups -OCH3 is 1. The Balaban J connectivity index is 1.31. The molecule has 2 heterocycles. The molecule has 0 fully saturated rings. The zero-order valence-electron chi connectivity index (χ0n) is 16.0. The summed E-state index contributed by atoms with van der Waals surface area (Å²) < 4.78 is 29.8. The van der Waals surface area contributed by atoms with Crippen molar-refractivity contribution in [3.05, 3.63) is 70.5 Å². The van der Waals surface area contributed by atoms with Gasteiger partial charge >= 0.3 is 5.63 Å². The monoisotopic (exact) mass is 396 g/mol. The number of aromatic amines is 1. The zero-order valence-corrected chi connectivity index (χ0v) is 16.0. The van der Waals surface area contributed by atoms with Crippen molar-refractivity contribution in [2.24, 2.45) is 0 Å². The highest BCUT2D eigenvalue weighted by Gasteiger charge is 2.09. The van der Waals surface area contributed by atoms with E-state index in [0.29, 0.717) is 30.2 Å². The van der Waals surface area contributed by atoms with Crippen LogP contribution in [-0.2, 0) is 6.42 Å². The average molecular weight is 396 g/mol. The number of fused-ring (bicyclic) bond motifs is 2. The predicted molar refractivity (Wildman–Crippen MR) is 109 cm³/mol. The van der Waals surface area contributed by atoms with Crippen molar-refractivity contribution in [2.75, 3.05) is 26.8 Å². The summed E-state index contributed by atoms with van der Waals surface area (Å²) in [6, 6.07) is 11.2. The third kappa shape index (κ3) is 4.25. The van der Waals surface area contributed by atoms with Gasteiger partial charge in [0.15, 0.2) is 11.5 Å². The number of rotatable bonds is 8. The van der Waals surface area contributed by atoms with Crippen LogP contribution in [0.25, 0.3) is 21.9 Å².